The van der Waals surface area contributed by atoms with Gasteiger partial charge >= 0.3 is 0 Å². The van der Waals surface area contributed by atoms with E-state index in [2.05, 4.69) is 4.90 Å². The van der Waals surface area contributed by atoms with Crippen LogP contribution >= 0.6 is 0 Å². The minimum Gasteiger partial charge on any atom is -0.387 e. The molecule has 2 fully saturated rings. The quantitative estimate of drug-likeness (QED) is 0.899. The Hall–Kier alpha value is -0.860. The van der Waals surface area contributed by atoms with Crippen molar-refractivity contribution in [1.29, 1.82) is 0 Å². The Morgan fingerprint density at radius 2 is 1.79 bits per heavy atom. The van der Waals surface area contributed by atoms with Gasteiger partial charge < -0.3 is 5.11 Å². The van der Waals surface area contributed by atoms with Gasteiger partial charge in [0.2, 0.25) is 0 Å². The molecule has 0 bridgehead atoms. The van der Waals surface area contributed by atoms with E-state index in [1.807, 2.05) is 30.3 Å². The summed E-state index contributed by atoms with van der Waals surface area (Å²) in [6.45, 7) is 1.98. The van der Waals surface area contributed by atoms with Crippen LogP contribution in [0.1, 0.15) is 50.2 Å². The number of aliphatic hydroxyl groups is 1. The number of hydrogen-bond acceptors (Lipinski definition) is 2. The molecule has 3 rings (SSSR count). The van der Waals surface area contributed by atoms with Gasteiger partial charge in [-0.2, -0.15) is 0 Å². The molecule has 3 atom stereocenters. The zero-order valence-electron chi connectivity index (χ0n) is 11.7. The maximum absolute atomic E-state index is 10.4. The Labute approximate surface area is 116 Å². The Morgan fingerprint density at radius 1 is 1.05 bits per heavy atom. The number of rotatable bonds is 3. The monoisotopic (exact) mass is 259 g/mol. The van der Waals surface area contributed by atoms with Gasteiger partial charge in [0.1, 0.15) is 0 Å². The van der Waals surface area contributed by atoms with Crippen molar-refractivity contribution in [3.8, 4) is 0 Å². The minimum atomic E-state index is -0.332. The molecule has 19 heavy (non-hydrogen) atoms. The molecule has 1 aromatic carbocycles. The van der Waals surface area contributed by atoms with Crippen LogP contribution in [-0.2, 0) is 0 Å². The van der Waals surface area contributed by atoms with Crippen LogP contribution in [0.15, 0.2) is 30.3 Å². The van der Waals surface area contributed by atoms with Crippen LogP contribution in [0.25, 0.3) is 0 Å². The summed E-state index contributed by atoms with van der Waals surface area (Å²) >= 11 is 0. The fraction of sp³-hybridized carbons (Fsp3) is 0.647. The van der Waals surface area contributed by atoms with Gasteiger partial charge in [-0.3, -0.25) is 4.90 Å². The largest absolute Gasteiger partial charge is 0.387 e. The molecule has 1 aromatic rings. The second-order valence-corrected chi connectivity index (χ2v) is 6.18. The molecule has 0 radical (unpaired) electrons. The van der Waals surface area contributed by atoms with Gasteiger partial charge in [-0.05, 0) is 43.7 Å². The lowest BCUT2D eigenvalue weighted by molar-refractivity contribution is 0.0205. The molecule has 1 aliphatic carbocycles. The predicted octanol–water partition coefficient (Wildman–Crippen LogP) is 3.37. The number of β-amino-alcohol motifs (C(OH)–C–C–N with tert-alkyl or cyclic N) is 1. The molecule has 1 heterocycles. The molecule has 0 spiro atoms. The van der Waals surface area contributed by atoms with E-state index >= 15 is 0 Å². The van der Waals surface area contributed by atoms with E-state index in [1.54, 1.807) is 0 Å². The highest BCUT2D eigenvalue weighted by molar-refractivity contribution is 5.17. The van der Waals surface area contributed by atoms with Gasteiger partial charge in [-0.15, -0.1) is 0 Å². The van der Waals surface area contributed by atoms with Gasteiger partial charge in [0.05, 0.1) is 6.10 Å². The highest BCUT2D eigenvalue weighted by Gasteiger charge is 2.33. The molecule has 0 aromatic heterocycles. The minimum absolute atomic E-state index is 0.332. The number of likely N-dealkylation sites (tertiary alicyclic amines) is 1. The van der Waals surface area contributed by atoms with Gasteiger partial charge in [0.15, 0.2) is 0 Å². The van der Waals surface area contributed by atoms with Crippen LogP contribution in [0.3, 0.4) is 0 Å². The summed E-state index contributed by atoms with van der Waals surface area (Å²) in [5.41, 5.74) is 1.06. The molecular formula is C17H25NO. The van der Waals surface area contributed by atoms with Crippen molar-refractivity contribution in [2.75, 3.05) is 13.1 Å². The van der Waals surface area contributed by atoms with Crippen molar-refractivity contribution in [1.82, 2.24) is 4.90 Å². The summed E-state index contributed by atoms with van der Waals surface area (Å²) in [6, 6.07) is 10.8. The molecule has 2 heteroatoms. The second-order valence-electron chi connectivity index (χ2n) is 6.18. The van der Waals surface area contributed by atoms with Crippen LogP contribution in [0, 0.1) is 5.92 Å². The summed E-state index contributed by atoms with van der Waals surface area (Å²) in [5.74, 6) is 0.894. The second kappa shape index (κ2) is 6.06. The molecule has 1 saturated carbocycles. The standard InChI is InChI=1S/C17H25NO/c19-17(15-8-2-1-3-9-15)13-18-12-6-10-14-7-4-5-11-16(14)18/h1-3,8-9,14,16-17,19H,4-7,10-13H2/t14-,16+,17-/m0/s1. The normalized spacial score (nSPS) is 29.7. The average molecular weight is 259 g/mol. The number of aliphatic hydroxyl groups excluding tert-OH is 1. The summed E-state index contributed by atoms with van der Waals surface area (Å²) in [4.78, 5) is 2.56. The number of piperidine rings is 1. The summed E-state index contributed by atoms with van der Waals surface area (Å²) in [5, 5.41) is 10.4. The zero-order valence-corrected chi connectivity index (χ0v) is 11.7. The van der Waals surface area contributed by atoms with Crippen molar-refractivity contribution in [2.24, 2.45) is 5.92 Å². The van der Waals surface area contributed by atoms with Crippen molar-refractivity contribution < 1.29 is 5.11 Å². The fourth-order valence-electron chi connectivity index (χ4n) is 3.96. The van der Waals surface area contributed by atoms with E-state index in [0.717, 1.165) is 24.1 Å². The number of benzene rings is 1. The van der Waals surface area contributed by atoms with Gasteiger partial charge in [0.25, 0.3) is 0 Å². The van der Waals surface area contributed by atoms with Crippen LogP contribution < -0.4 is 0 Å². The lowest BCUT2D eigenvalue weighted by atomic mass is 9.78. The third kappa shape index (κ3) is 3.01. The first-order chi connectivity index (χ1) is 9.34. The Morgan fingerprint density at radius 3 is 2.63 bits per heavy atom. The lowest BCUT2D eigenvalue weighted by Crippen LogP contribution is -2.48. The van der Waals surface area contributed by atoms with E-state index in [1.165, 1.54) is 45.1 Å². The van der Waals surface area contributed by atoms with E-state index in [9.17, 15) is 5.11 Å². The number of hydrogen-bond donors (Lipinski definition) is 1. The molecule has 1 aliphatic heterocycles. The van der Waals surface area contributed by atoms with Gasteiger partial charge in [-0.1, -0.05) is 43.2 Å². The SMILES string of the molecule is O[C@@H](CN1CCC[C@@H]2CCCC[C@H]21)c1ccccc1. The van der Waals surface area contributed by atoms with Crippen molar-refractivity contribution in [3.05, 3.63) is 35.9 Å². The van der Waals surface area contributed by atoms with E-state index < -0.39 is 0 Å². The average Bonchev–Trinajstić information content (AvgIpc) is 2.48. The summed E-state index contributed by atoms with van der Waals surface area (Å²) in [6.07, 6.45) is 7.91. The first-order valence-electron chi connectivity index (χ1n) is 7.81. The Kier molecular flexibility index (Phi) is 4.19. The van der Waals surface area contributed by atoms with Crippen LogP contribution in [-0.4, -0.2) is 29.1 Å². The maximum atomic E-state index is 10.4. The molecule has 1 saturated heterocycles. The first kappa shape index (κ1) is 13.1. The molecule has 0 unspecified atom stereocenters. The molecular weight excluding hydrogens is 234 g/mol. The maximum Gasteiger partial charge on any atom is 0.0917 e. The van der Waals surface area contributed by atoms with Crippen LogP contribution in [0.2, 0.25) is 0 Å². The van der Waals surface area contributed by atoms with E-state index in [4.69, 9.17) is 0 Å². The summed E-state index contributed by atoms with van der Waals surface area (Å²) in [7, 11) is 0. The van der Waals surface area contributed by atoms with Crippen LogP contribution in [0.4, 0.5) is 0 Å². The first-order valence-corrected chi connectivity index (χ1v) is 7.81. The predicted molar refractivity (Wildman–Crippen MR) is 78.0 cm³/mol. The van der Waals surface area contributed by atoms with Crippen molar-refractivity contribution >= 4 is 0 Å². The highest BCUT2D eigenvalue weighted by Crippen LogP contribution is 2.35. The highest BCUT2D eigenvalue weighted by atomic mass is 16.3. The molecule has 104 valence electrons. The van der Waals surface area contributed by atoms with Gasteiger partial charge in [-0.25, -0.2) is 0 Å². The van der Waals surface area contributed by atoms with E-state index in [0.29, 0.717) is 0 Å². The molecule has 0 amide bonds. The third-order valence-electron chi connectivity index (χ3n) is 4.95. The topological polar surface area (TPSA) is 23.5 Å². The smallest absolute Gasteiger partial charge is 0.0917 e. The molecule has 1 N–H and O–H groups in total. The molecule has 2 nitrogen and oxygen atoms in total. The Bertz CT molecular complexity index is 390. The molecule has 2 aliphatic rings. The summed E-state index contributed by atoms with van der Waals surface area (Å²) < 4.78 is 0. The van der Waals surface area contributed by atoms with Gasteiger partial charge in [0, 0.05) is 12.6 Å². The third-order valence-corrected chi connectivity index (χ3v) is 4.95. The Balaban J connectivity index is 1.65. The van der Waals surface area contributed by atoms with Crippen LogP contribution in [0.5, 0.6) is 0 Å². The number of fused-ring (bicyclic) bond motifs is 1. The fourth-order valence-corrected chi connectivity index (χ4v) is 3.96. The van der Waals surface area contributed by atoms with Crippen molar-refractivity contribution in [2.45, 2.75) is 50.7 Å². The lowest BCUT2D eigenvalue weighted by Gasteiger charge is -2.44. The van der Waals surface area contributed by atoms with E-state index in [-0.39, 0.29) is 6.10 Å². The number of nitrogens with zero attached hydrogens (tertiary/aromatic N) is 1. The van der Waals surface area contributed by atoms with Crippen molar-refractivity contribution in [3.63, 3.8) is 0 Å². The zero-order chi connectivity index (χ0) is 13.1.